The number of hydrogen-bond donors (Lipinski definition) is 1. The Bertz CT molecular complexity index is 844. The van der Waals surface area contributed by atoms with E-state index in [2.05, 4.69) is 4.98 Å². The molecular weight excluding hydrogens is 273 g/mol. The van der Waals surface area contributed by atoms with Crippen LogP contribution in [-0.2, 0) is 6.54 Å². The Labute approximate surface area is 119 Å². The molecule has 2 heterocycles. The molecule has 0 saturated carbocycles. The Balaban J connectivity index is 1.75. The van der Waals surface area contributed by atoms with Crippen LogP contribution in [0.25, 0.3) is 11.0 Å². The standard InChI is InChI=1S/C15H12FN3O2/c16-10-2-3-12-11(6-10)18-15(17)19(12)7-9-1-4-13-14(5-9)21-8-20-13/h1-6H,7-8H2,(H2,17,18). The molecule has 2 aromatic carbocycles. The minimum absolute atomic E-state index is 0.244. The summed E-state index contributed by atoms with van der Waals surface area (Å²) in [6, 6.07) is 10.2. The summed E-state index contributed by atoms with van der Waals surface area (Å²) in [4.78, 5) is 4.19. The maximum Gasteiger partial charge on any atom is 0.231 e. The Morgan fingerprint density at radius 1 is 1.14 bits per heavy atom. The number of nitrogens with two attached hydrogens (primary N) is 1. The normalized spacial score (nSPS) is 13.0. The largest absolute Gasteiger partial charge is 0.454 e. The first-order valence-corrected chi connectivity index (χ1v) is 6.50. The zero-order valence-electron chi connectivity index (χ0n) is 11.0. The number of aromatic nitrogens is 2. The maximum atomic E-state index is 13.2. The van der Waals surface area contributed by atoms with Crippen LogP contribution in [0.5, 0.6) is 11.5 Å². The van der Waals surface area contributed by atoms with Crippen LogP contribution in [0.2, 0.25) is 0 Å². The van der Waals surface area contributed by atoms with Crippen molar-refractivity contribution >= 4 is 17.0 Å². The summed E-state index contributed by atoms with van der Waals surface area (Å²) in [5, 5.41) is 0. The van der Waals surface area contributed by atoms with Crippen LogP contribution >= 0.6 is 0 Å². The van der Waals surface area contributed by atoms with Gasteiger partial charge < -0.3 is 19.8 Å². The van der Waals surface area contributed by atoms with E-state index in [4.69, 9.17) is 15.2 Å². The summed E-state index contributed by atoms with van der Waals surface area (Å²) in [5.41, 5.74) is 8.29. The van der Waals surface area contributed by atoms with Gasteiger partial charge in [-0.2, -0.15) is 0 Å². The van der Waals surface area contributed by atoms with Gasteiger partial charge in [-0.05, 0) is 29.8 Å². The molecule has 0 radical (unpaired) electrons. The molecule has 1 aliphatic rings. The molecule has 0 spiro atoms. The van der Waals surface area contributed by atoms with E-state index in [1.54, 1.807) is 6.07 Å². The highest BCUT2D eigenvalue weighted by Gasteiger charge is 2.15. The van der Waals surface area contributed by atoms with Gasteiger partial charge in [0, 0.05) is 6.07 Å². The molecule has 1 aliphatic heterocycles. The predicted molar refractivity (Wildman–Crippen MR) is 75.8 cm³/mol. The Kier molecular flexibility index (Phi) is 2.50. The summed E-state index contributed by atoms with van der Waals surface area (Å²) < 4.78 is 25.7. The Hall–Kier alpha value is -2.76. The predicted octanol–water partition coefficient (Wildman–Crippen LogP) is 2.53. The first kappa shape index (κ1) is 12.0. The van der Waals surface area contributed by atoms with Crippen molar-refractivity contribution in [2.45, 2.75) is 6.54 Å². The molecule has 4 rings (SSSR count). The van der Waals surface area contributed by atoms with Crippen molar-refractivity contribution in [3.05, 3.63) is 47.8 Å². The van der Waals surface area contributed by atoms with Gasteiger partial charge in [0.05, 0.1) is 17.6 Å². The van der Waals surface area contributed by atoms with Crippen LogP contribution in [0.15, 0.2) is 36.4 Å². The zero-order chi connectivity index (χ0) is 14.4. The third-order valence-corrected chi connectivity index (χ3v) is 3.52. The first-order valence-electron chi connectivity index (χ1n) is 6.50. The minimum atomic E-state index is -0.324. The van der Waals surface area contributed by atoms with E-state index in [1.807, 2.05) is 22.8 Å². The zero-order valence-corrected chi connectivity index (χ0v) is 11.0. The molecule has 1 aromatic heterocycles. The van der Waals surface area contributed by atoms with E-state index in [1.165, 1.54) is 12.1 Å². The van der Waals surface area contributed by atoms with E-state index >= 15 is 0 Å². The van der Waals surface area contributed by atoms with Gasteiger partial charge in [-0.3, -0.25) is 0 Å². The molecule has 5 nitrogen and oxygen atoms in total. The smallest absolute Gasteiger partial charge is 0.231 e. The van der Waals surface area contributed by atoms with Gasteiger partial charge in [0.1, 0.15) is 5.82 Å². The van der Waals surface area contributed by atoms with Gasteiger partial charge in [-0.25, -0.2) is 9.37 Å². The molecule has 0 saturated heterocycles. The highest BCUT2D eigenvalue weighted by atomic mass is 19.1. The minimum Gasteiger partial charge on any atom is -0.454 e. The van der Waals surface area contributed by atoms with Crippen molar-refractivity contribution in [1.82, 2.24) is 9.55 Å². The molecule has 0 bridgehead atoms. The number of nitrogens with zero attached hydrogens (tertiary/aromatic N) is 2. The lowest BCUT2D eigenvalue weighted by Crippen LogP contribution is -2.04. The van der Waals surface area contributed by atoms with Gasteiger partial charge >= 0.3 is 0 Å². The average molecular weight is 285 g/mol. The molecule has 0 unspecified atom stereocenters. The van der Waals surface area contributed by atoms with Crippen LogP contribution < -0.4 is 15.2 Å². The summed E-state index contributed by atoms with van der Waals surface area (Å²) in [5.74, 6) is 1.49. The second-order valence-electron chi connectivity index (χ2n) is 4.88. The second-order valence-corrected chi connectivity index (χ2v) is 4.88. The highest BCUT2D eigenvalue weighted by Crippen LogP contribution is 2.33. The van der Waals surface area contributed by atoms with E-state index in [0.29, 0.717) is 18.0 Å². The third-order valence-electron chi connectivity index (χ3n) is 3.52. The lowest BCUT2D eigenvalue weighted by molar-refractivity contribution is 0.174. The average Bonchev–Trinajstić information content (AvgIpc) is 3.03. The van der Waals surface area contributed by atoms with Crippen molar-refractivity contribution in [3.63, 3.8) is 0 Å². The molecule has 21 heavy (non-hydrogen) atoms. The van der Waals surface area contributed by atoms with Gasteiger partial charge in [0.25, 0.3) is 0 Å². The SMILES string of the molecule is Nc1nc2cc(F)ccc2n1Cc1ccc2c(c1)OCO2. The Morgan fingerprint density at radius 2 is 2.00 bits per heavy atom. The van der Waals surface area contributed by atoms with Gasteiger partial charge in [0.15, 0.2) is 11.5 Å². The van der Waals surface area contributed by atoms with Gasteiger partial charge in [0.2, 0.25) is 12.7 Å². The number of ether oxygens (including phenoxy) is 2. The van der Waals surface area contributed by atoms with E-state index < -0.39 is 0 Å². The quantitative estimate of drug-likeness (QED) is 0.786. The fourth-order valence-electron chi connectivity index (χ4n) is 2.51. The number of benzene rings is 2. The van der Waals surface area contributed by atoms with Crippen molar-refractivity contribution in [2.24, 2.45) is 0 Å². The third kappa shape index (κ3) is 1.96. The van der Waals surface area contributed by atoms with E-state index in [-0.39, 0.29) is 12.6 Å². The number of fused-ring (bicyclic) bond motifs is 2. The van der Waals surface area contributed by atoms with E-state index in [9.17, 15) is 4.39 Å². The number of halogens is 1. The number of hydrogen-bond acceptors (Lipinski definition) is 4. The van der Waals surface area contributed by atoms with E-state index in [0.717, 1.165) is 22.6 Å². The number of rotatable bonds is 2. The monoisotopic (exact) mass is 285 g/mol. The molecule has 2 N–H and O–H groups in total. The molecule has 0 amide bonds. The molecule has 0 atom stereocenters. The summed E-state index contributed by atoms with van der Waals surface area (Å²) in [7, 11) is 0. The number of nitrogen functional groups attached to an aromatic ring is 1. The van der Waals surface area contributed by atoms with Crippen molar-refractivity contribution in [3.8, 4) is 11.5 Å². The van der Waals surface area contributed by atoms with Gasteiger partial charge in [-0.1, -0.05) is 6.07 Å². The Morgan fingerprint density at radius 3 is 2.90 bits per heavy atom. The maximum absolute atomic E-state index is 13.2. The van der Waals surface area contributed by atoms with Crippen molar-refractivity contribution in [2.75, 3.05) is 12.5 Å². The van der Waals surface area contributed by atoms with Crippen LogP contribution in [0, 0.1) is 5.82 Å². The lowest BCUT2D eigenvalue weighted by Gasteiger charge is -2.07. The fourth-order valence-corrected chi connectivity index (χ4v) is 2.51. The molecule has 106 valence electrons. The molecule has 0 fully saturated rings. The van der Waals surface area contributed by atoms with Gasteiger partial charge in [-0.15, -0.1) is 0 Å². The number of anilines is 1. The van der Waals surface area contributed by atoms with Crippen LogP contribution in [0.1, 0.15) is 5.56 Å². The molecule has 6 heteroatoms. The van der Waals surface area contributed by atoms with Crippen molar-refractivity contribution in [1.29, 1.82) is 0 Å². The first-order chi connectivity index (χ1) is 10.2. The molecular formula is C15H12FN3O2. The van der Waals surface area contributed by atoms with Crippen molar-refractivity contribution < 1.29 is 13.9 Å². The summed E-state index contributed by atoms with van der Waals surface area (Å²) >= 11 is 0. The molecule has 3 aromatic rings. The van der Waals surface area contributed by atoms with Crippen LogP contribution in [0.4, 0.5) is 10.3 Å². The lowest BCUT2D eigenvalue weighted by atomic mass is 10.2. The second kappa shape index (κ2) is 4.37. The fraction of sp³-hybridized carbons (Fsp3) is 0.133. The topological polar surface area (TPSA) is 62.3 Å². The summed E-state index contributed by atoms with van der Waals surface area (Å²) in [6.45, 7) is 0.777. The molecule has 0 aliphatic carbocycles. The number of imidazole rings is 1. The van der Waals surface area contributed by atoms with Crippen LogP contribution in [0.3, 0.4) is 0 Å². The highest BCUT2D eigenvalue weighted by molar-refractivity contribution is 5.78. The summed E-state index contributed by atoms with van der Waals surface area (Å²) in [6.07, 6.45) is 0. The van der Waals surface area contributed by atoms with Crippen LogP contribution in [-0.4, -0.2) is 16.3 Å².